The van der Waals surface area contributed by atoms with Crippen molar-refractivity contribution in [2.24, 2.45) is 12.0 Å². The first-order valence-electron chi connectivity index (χ1n) is 4.29. The molecule has 0 aliphatic carbocycles. The van der Waals surface area contributed by atoms with E-state index in [1.54, 1.807) is 19.4 Å². The van der Waals surface area contributed by atoms with Crippen molar-refractivity contribution in [3.05, 3.63) is 15.9 Å². The minimum atomic E-state index is -5.01. The maximum atomic E-state index is 11.0. The van der Waals surface area contributed by atoms with Gasteiger partial charge < -0.3 is 24.1 Å². The standard InChI is InChI=1S/C6H12N2O6P2S/c1-4-3-17-5(8(4)2)7-6(15(9,10)11)16(12,13)14/h3,6H,1-2H3,(H2,9,10,11)(H2,12,13,14)/b7-5-. The van der Waals surface area contributed by atoms with Crippen LogP contribution in [0, 0.1) is 6.92 Å². The third kappa shape index (κ3) is 3.59. The summed E-state index contributed by atoms with van der Waals surface area (Å²) >= 11 is 1.05. The zero-order valence-electron chi connectivity index (χ0n) is 8.96. The summed E-state index contributed by atoms with van der Waals surface area (Å²) in [5, 5.41) is 1.66. The van der Waals surface area contributed by atoms with Gasteiger partial charge >= 0.3 is 15.2 Å². The normalized spacial score (nSPS) is 14.6. The highest BCUT2D eigenvalue weighted by molar-refractivity contribution is 7.70. The van der Waals surface area contributed by atoms with Crippen molar-refractivity contribution < 1.29 is 28.7 Å². The van der Waals surface area contributed by atoms with Gasteiger partial charge in [-0.3, -0.25) is 9.13 Å². The second kappa shape index (κ2) is 4.78. The lowest BCUT2D eigenvalue weighted by Crippen LogP contribution is -2.17. The summed E-state index contributed by atoms with van der Waals surface area (Å²) in [7, 11) is -8.44. The van der Waals surface area contributed by atoms with Crippen LogP contribution in [-0.2, 0) is 16.2 Å². The van der Waals surface area contributed by atoms with Gasteiger partial charge in [0.1, 0.15) is 0 Å². The molecule has 1 aromatic rings. The van der Waals surface area contributed by atoms with Crippen LogP contribution >= 0.6 is 26.5 Å². The van der Waals surface area contributed by atoms with Crippen molar-refractivity contribution in [1.29, 1.82) is 0 Å². The molecule has 11 heteroatoms. The quantitative estimate of drug-likeness (QED) is 0.578. The van der Waals surface area contributed by atoms with Crippen LogP contribution in [0.4, 0.5) is 0 Å². The van der Waals surface area contributed by atoms with Gasteiger partial charge in [-0.05, 0) is 6.92 Å². The fraction of sp³-hybridized carbons (Fsp3) is 0.500. The lowest BCUT2D eigenvalue weighted by atomic mass is 10.6. The Morgan fingerprint density at radius 3 is 2.06 bits per heavy atom. The van der Waals surface area contributed by atoms with E-state index in [1.807, 2.05) is 0 Å². The van der Waals surface area contributed by atoms with Crippen LogP contribution in [0.15, 0.2) is 10.4 Å². The van der Waals surface area contributed by atoms with Gasteiger partial charge in [-0.15, -0.1) is 11.3 Å². The Kier molecular flexibility index (Phi) is 4.16. The molecule has 0 spiro atoms. The SMILES string of the molecule is Cc1cs/c(=N\C(P(=O)(O)O)P(=O)(O)O)n1C. The van der Waals surface area contributed by atoms with Gasteiger partial charge in [0.2, 0.25) is 0 Å². The number of nitrogens with zero attached hydrogens (tertiary/aromatic N) is 2. The van der Waals surface area contributed by atoms with Gasteiger partial charge in [0.15, 0.2) is 4.80 Å². The third-order valence-electron chi connectivity index (χ3n) is 1.98. The number of aromatic nitrogens is 1. The molecule has 0 saturated heterocycles. The average molecular weight is 302 g/mol. The first kappa shape index (κ1) is 14.8. The second-order valence-corrected chi connectivity index (χ2v) is 7.95. The predicted molar refractivity (Wildman–Crippen MR) is 61.5 cm³/mol. The van der Waals surface area contributed by atoms with E-state index in [1.165, 1.54) is 4.57 Å². The molecule has 0 amide bonds. The summed E-state index contributed by atoms with van der Waals surface area (Å²) in [6.07, 6.45) is 0. The fourth-order valence-corrected chi connectivity index (χ4v) is 4.16. The lowest BCUT2D eigenvalue weighted by Gasteiger charge is -2.14. The highest BCUT2D eigenvalue weighted by atomic mass is 32.1. The van der Waals surface area contributed by atoms with E-state index < -0.39 is 20.7 Å². The van der Waals surface area contributed by atoms with Crippen LogP contribution < -0.4 is 4.80 Å². The van der Waals surface area contributed by atoms with Crippen molar-refractivity contribution in [3.63, 3.8) is 0 Å². The van der Waals surface area contributed by atoms with Gasteiger partial charge in [-0.1, -0.05) is 0 Å². The van der Waals surface area contributed by atoms with E-state index in [2.05, 4.69) is 4.99 Å². The third-order valence-corrected chi connectivity index (χ3v) is 6.27. The highest BCUT2D eigenvalue weighted by Crippen LogP contribution is 2.60. The van der Waals surface area contributed by atoms with E-state index >= 15 is 0 Å². The Balaban J connectivity index is 3.39. The fourth-order valence-electron chi connectivity index (χ4n) is 1.01. The average Bonchev–Trinajstić information content (AvgIpc) is 2.40. The Hall–Kier alpha value is -0.270. The van der Waals surface area contributed by atoms with Gasteiger partial charge in [-0.25, -0.2) is 4.99 Å². The van der Waals surface area contributed by atoms with E-state index in [0.717, 1.165) is 17.0 Å². The second-order valence-electron chi connectivity index (χ2n) is 3.37. The molecule has 0 atom stereocenters. The van der Waals surface area contributed by atoms with Crippen LogP contribution in [0.3, 0.4) is 0 Å². The highest BCUT2D eigenvalue weighted by Gasteiger charge is 2.43. The molecule has 98 valence electrons. The van der Waals surface area contributed by atoms with Crippen molar-refractivity contribution in [2.75, 3.05) is 0 Å². The Morgan fingerprint density at radius 2 is 1.76 bits per heavy atom. The molecular weight excluding hydrogens is 290 g/mol. The summed E-state index contributed by atoms with van der Waals surface area (Å²) < 4.78 is 23.5. The molecule has 0 bridgehead atoms. The molecule has 0 unspecified atom stereocenters. The van der Waals surface area contributed by atoms with E-state index in [-0.39, 0.29) is 4.80 Å². The largest absolute Gasteiger partial charge is 0.362 e. The van der Waals surface area contributed by atoms with Crippen molar-refractivity contribution in [1.82, 2.24) is 4.57 Å². The van der Waals surface area contributed by atoms with Crippen LogP contribution in [-0.4, -0.2) is 29.7 Å². The minimum Gasteiger partial charge on any atom is -0.324 e. The molecule has 1 heterocycles. The van der Waals surface area contributed by atoms with Crippen LogP contribution in [0.5, 0.6) is 0 Å². The molecule has 1 rings (SSSR count). The Morgan fingerprint density at radius 1 is 1.29 bits per heavy atom. The van der Waals surface area contributed by atoms with Crippen LogP contribution in [0.2, 0.25) is 0 Å². The van der Waals surface area contributed by atoms with Gasteiger partial charge in [-0.2, -0.15) is 0 Å². The molecule has 0 aliphatic heterocycles. The molecule has 17 heavy (non-hydrogen) atoms. The number of rotatable bonds is 3. The number of hydrogen-bond acceptors (Lipinski definition) is 4. The summed E-state index contributed by atoms with van der Waals surface area (Å²) in [6.45, 7) is 1.74. The molecule has 0 saturated carbocycles. The predicted octanol–water partition coefficient (Wildman–Crippen LogP) is -0.0653. The molecular formula is C6H12N2O6P2S. The summed E-state index contributed by atoms with van der Waals surface area (Å²) in [6, 6.07) is 0. The number of hydrogen-bond donors (Lipinski definition) is 4. The monoisotopic (exact) mass is 302 g/mol. The van der Waals surface area contributed by atoms with Crippen LogP contribution in [0.25, 0.3) is 0 Å². The zero-order chi connectivity index (χ0) is 13.4. The van der Waals surface area contributed by atoms with Gasteiger partial charge in [0.05, 0.1) is 0 Å². The molecule has 8 nitrogen and oxygen atoms in total. The van der Waals surface area contributed by atoms with Crippen molar-refractivity contribution >= 4 is 26.5 Å². The maximum absolute atomic E-state index is 11.0. The summed E-state index contributed by atoms with van der Waals surface area (Å²) in [5.74, 6) is 0. The van der Waals surface area contributed by atoms with E-state index in [9.17, 15) is 9.13 Å². The smallest absolute Gasteiger partial charge is 0.324 e. The minimum absolute atomic E-state index is 0.138. The zero-order valence-corrected chi connectivity index (χ0v) is 11.6. The molecule has 0 aromatic carbocycles. The molecule has 1 aromatic heterocycles. The first-order valence-corrected chi connectivity index (χ1v) is 8.53. The lowest BCUT2D eigenvalue weighted by molar-refractivity contribution is 0.339. The molecule has 4 N–H and O–H groups in total. The van der Waals surface area contributed by atoms with Crippen LogP contribution in [0.1, 0.15) is 5.69 Å². The van der Waals surface area contributed by atoms with E-state index in [4.69, 9.17) is 19.6 Å². The van der Waals surface area contributed by atoms with Crippen molar-refractivity contribution in [3.8, 4) is 0 Å². The Bertz CT molecular complexity index is 543. The Labute approximate surface area is 101 Å². The molecule has 0 fully saturated rings. The first-order chi connectivity index (χ1) is 7.53. The molecule has 0 aliphatic rings. The molecule has 0 radical (unpaired) electrons. The van der Waals surface area contributed by atoms with Crippen molar-refractivity contribution in [2.45, 2.75) is 12.4 Å². The number of thiazole rings is 1. The van der Waals surface area contributed by atoms with E-state index in [0.29, 0.717) is 0 Å². The maximum Gasteiger partial charge on any atom is 0.362 e. The summed E-state index contributed by atoms with van der Waals surface area (Å²) in [5.41, 5.74) is -1.58. The number of aryl methyl sites for hydroxylation is 1. The van der Waals surface area contributed by atoms with Gasteiger partial charge in [0, 0.05) is 18.1 Å². The topological polar surface area (TPSA) is 132 Å². The summed E-state index contributed by atoms with van der Waals surface area (Å²) in [4.78, 5) is 39.2. The van der Waals surface area contributed by atoms with Gasteiger partial charge in [0.25, 0.3) is 5.52 Å².